The van der Waals surface area contributed by atoms with Gasteiger partial charge in [-0.15, -0.1) is 0 Å². The van der Waals surface area contributed by atoms with E-state index in [0.717, 1.165) is 25.8 Å². The van der Waals surface area contributed by atoms with Gasteiger partial charge in [0.15, 0.2) is 0 Å². The Morgan fingerprint density at radius 3 is 2.65 bits per heavy atom. The number of nitrogens with zero attached hydrogens (tertiary/aromatic N) is 1. The number of nitrogens with one attached hydrogen (secondary N) is 1. The summed E-state index contributed by atoms with van der Waals surface area (Å²) in [6.45, 7) is 2.54. The molecule has 3 aliphatic rings. The Morgan fingerprint density at radius 1 is 1.18 bits per heavy atom. The van der Waals surface area contributed by atoms with Gasteiger partial charge < -0.3 is 10.4 Å². The summed E-state index contributed by atoms with van der Waals surface area (Å²) in [4.78, 5) is 0. The summed E-state index contributed by atoms with van der Waals surface area (Å²) in [5, 5.41) is 12.7. The standard InChI is InChI=1S/C11H20N2O3S/c14-11-2-1-8-6-13(7-10(8)11)17(15,16)9-3-4-12-5-9/h8-12,14H,1-7H2. The van der Waals surface area contributed by atoms with Gasteiger partial charge in [-0.05, 0) is 31.7 Å². The maximum Gasteiger partial charge on any atom is 0.218 e. The van der Waals surface area contributed by atoms with Crippen LogP contribution >= 0.6 is 0 Å². The fourth-order valence-electron chi connectivity index (χ4n) is 3.50. The van der Waals surface area contributed by atoms with Crippen LogP contribution in [0, 0.1) is 11.8 Å². The predicted molar refractivity (Wildman–Crippen MR) is 64.0 cm³/mol. The summed E-state index contributed by atoms with van der Waals surface area (Å²) in [7, 11) is -3.14. The molecule has 0 amide bonds. The second kappa shape index (κ2) is 4.19. The van der Waals surface area contributed by atoms with Gasteiger partial charge in [-0.3, -0.25) is 0 Å². The molecule has 4 unspecified atom stereocenters. The molecule has 3 fully saturated rings. The molecule has 0 aromatic carbocycles. The molecule has 2 N–H and O–H groups in total. The zero-order chi connectivity index (χ0) is 12.0. The highest BCUT2D eigenvalue weighted by molar-refractivity contribution is 7.89. The highest BCUT2D eigenvalue weighted by Crippen LogP contribution is 2.39. The molecule has 2 heterocycles. The van der Waals surface area contributed by atoms with E-state index in [1.807, 2.05) is 0 Å². The molecule has 0 aromatic rings. The van der Waals surface area contributed by atoms with E-state index in [1.54, 1.807) is 4.31 Å². The monoisotopic (exact) mass is 260 g/mol. The summed E-state index contributed by atoms with van der Waals surface area (Å²) >= 11 is 0. The number of hydrogen-bond acceptors (Lipinski definition) is 4. The SMILES string of the molecule is O=S(=O)(C1CCNC1)N1CC2CCC(O)C2C1. The van der Waals surface area contributed by atoms with Crippen LogP contribution < -0.4 is 5.32 Å². The molecule has 98 valence electrons. The second-order valence-corrected chi connectivity index (χ2v) is 7.76. The van der Waals surface area contributed by atoms with Gasteiger partial charge in [0.2, 0.25) is 10.0 Å². The van der Waals surface area contributed by atoms with Crippen LogP contribution in [0.1, 0.15) is 19.3 Å². The van der Waals surface area contributed by atoms with Crippen molar-refractivity contribution in [2.75, 3.05) is 26.2 Å². The van der Waals surface area contributed by atoms with E-state index in [-0.39, 0.29) is 17.3 Å². The van der Waals surface area contributed by atoms with Crippen LogP contribution in [0.2, 0.25) is 0 Å². The van der Waals surface area contributed by atoms with Gasteiger partial charge >= 0.3 is 0 Å². The van der Waals surface area contributed by atoms with Gasteiger partial charge in [0.1, 0.15) is 0 Å². The molecular formula is C11H20N2O3S. The molecule has 1 aliphatic carbocycles. The number of fused-ring (bicyclic) bond motifs is 1. The fraction of sp³-hybridized carbons (Fsp3) is 1.00. The predicted octanol–water partition coefficient (Wildman–Crippen LogP) is -0.619. The van der Waals surface area contributed by atoms with Crippen molar-refractivity contribution in [3.63, 3.8) is 0 Å². The highest BCUT2D eigenvalue weighted by Gasteiger charge is 2.47. The second-order valence-electron chi connectivity index (χ2n) is 5.55. The van der Waals surface area contributed by atoms with Crippen LogP contribution in [-0.2, 0) is 10.0 Å². The number of aliphatic hydroxyl groups excluding tert-OH is 1. The van der Waals surface area contributed by atoms with Gasteiger partial charge in [0, 0.05) is 25.6 Å². The van der Waals surface area contributed by atoms with Crippen LogP contribution in [-0.4, -0.2) is 55.4 Å². The van der Waals surface area contributed by atoms with Gasteiger partial charge in [0.25, 0.3) is 0 Å². The Morgan fingerprint density at radius 2 is 2.00 bits per heavy atom. The molecule has 17 heavy (non-hydrogen) atoms. The van der Waals surface area contributed by atoms with Crippen molar-refractivity contribution >= 4 is 10.0 Å². The molecule has 5 nitrogen and oxygen atoms in total. The summed E-state index contributed by atoms with van der Waals surface area (Å²) in [5.74, 6) is 0.563. The summed E-state index contributed by atoms with van der Waals surface area (Å²) in [5.41, 5.74) is 0. The van der Waals surface area contributed by atoms with Crippen molar-refractivity contribution in [1.82, 2.24) is 9.62 Å². The van der Waals surface area contributed by atoms with Crippen molar-refractivity contribution < 1.29 is 13.5 Å². The minimum Gasteiger partial charge on any atom is -0.393 e. The van der Waals surface area contributed by atoms with Crippen LogP contribution in [0.5, 0.6) is 0 Å². The van der Waals surface area contributed by atoms with Crippen LogP contribution in [0.3, 0.4) is 0 Å². The van der Waals surface area contributed by atoms with Crippen molar-refractivity contribution in [3.8, 4) is 0 Å². The van der Waals surface area contributed by atoms with Crippen molar-refractivity contribution in [3.05, 3.63) is 0 Å². The Bertz CT molecular complexity index is 392. The molecule has 1 saturated carbocycles. The molecule has 0 aromatic heterocycles. The topological polar surface area (TPSA) is 69.6 Å². The summed E-state index contributed by atoms with van der Waals surface area (Å²) < 4.78 is 26.4. The number of rotatable bonds is 2. The molecular weight excluding hydrogens is 240 g/mol. The first kappa shape index (κ1) is 11.9. The van der Waals surface area contributed by atoms with Crippen molar-refractivity contribution in [1.29, 1.82) is 0 Å². The number of hydrogen-bond donors (Lipinski definition) is 2. The number of aliphatic hydroxyl groups is 1. The third-order valence-electron chi connectivity index (χ3n) is 4.58. The van der Waals surface area contributed by atoms with Gasteiger partial charge in [-0.1, -0.05) is 0 Å². The average molecular weight is 260 g/mol. The van der Waals surface area contributed by atoms with E-state index >= 15 is 0 Å². The van der Waals surface area contributed by atoms with E-state index in [0.29, 0.717) is 25.6 Å². The van der Waals surface area contributed by atoms with Gasteiger partial charge in [0.05, 0.1) is 11.4 Å². The third kappa shape index (κ3) is 1.91. The molecule has 6 heteroatoms. The largest absolute Gasteiger partial charge is 0.393 e. The van der Waals surface area contributed by atoms with Gasteiger partial charge in [-0.25, -0.2) is 12.7 Å². The lowest BCUT2D eigenvalue weighted by molar-refractivity contribution is 0.129. The maximum atomic E-state index is 12.4. The van der Waals surface area contributed by atoms with E-state index in [4.69, 9.17) is 0 Å². The molecule has 0 bridgehead atoms. The fourth-order valence-corrected chi connectivity index (χ4v) is 5.44. The molecule has 4 atom stereocenters. The first-order valence-corrected chi connectivity index (χ1v) is 7.97. The minimum atomic E-state index is -3.14. The van der Waals surface area contributed by atoms with Crippen LogP contribution in [0.25, 0.3) is 0 Å². The van der Waals surface area contributed by atoms with E-state index < -0.39 is 10.0 Å². The lowest BCUT2D eigenvalue weighted by atomic mass is 10.00. The lowest BCUT2D eigenvalue weighted by Gasteiger charge is -2.21. The zero-order valence-corrected chi connectivity index (χ0v) is 10.7. The van der Waals surface area contributed by atoms with Crippen molar-refractivity contribution in [2.45, 2.75) is 30.6 Å². The first-order chi connectivity index (χ1) is 8.09. The Hall–Kier alpha value is -0.170. The number of sulfonamides is 1. The minimum absolute atomic E-state index is 0.180. The average Bonchev–Trinajstić information content (AvgIpc) is 2.96. The van der Waals surface area contributed by atoms with Gasteiger partial charge in [-0.2, -0.15) is 0 Å². The lowest BCUT2D eigenvalue weighted by Crippen LogP contribution is -2.39. The normalized spacial score (nSPS) is 43.1. The quantitative estimate of drug-likeness (QED) is 0.694. The smallest absolute Gasteiger partial charge is 0.218 e. The summed E-state index contributed by atoms with van der Waals surface area (Å²) in [6, 6.07) is 0. The Labute approximate surface area is 102 Å². The van der Waals surface area contributed by atoms with E-state index in [2.05, 4.69) is 5.32 Å². The molecule has 0 radical (unpaired) electrons. The molecule has 2 saturated heterocycles. The summed E-state index contributed by atoms with van der Waals surface area (Å²) in [6.07, 6.45) is 2.24. The molecule has 3 rings (SSSR count). The Balaban J connectivity index is 1.74. The van der Waals surface area contributed by atoms with E-state index in [9.17, 15) is 13.5 Å². The Kier molecular flexibility index (Phi) is 2.93. The van der Waals surface area contributed by atoms with E-state index in [1.165, 1.54) is 0 Å². The first-order valence-electron chi connectivity index (χ1n) is 6.47. The van der Waals surface area contributed by atoms with Crippen molar-refractivity contribution in [2.24, 2.45) is 11.8 Å². The highest BCUT2D eigenvalue weighted by atomic mass is 32.2. The third-order valence-corrected chi connectivity index (χ3v) is 6.84. The molecule has 2 aliphatic heterocycles. The zero-order valence-electron chi connectivity index (χ0n) is 9.88. The van der Waals surface area contributed by atoms with Crippen LogP contribution in [0.15, 0.2) is 0 Å². The molecule has 0 spiro atoms. The maximum absolute atomic E-state index is 12.4. The van der Waals surface area contributed by atoms with Crippen LogP contribution in [0.4, 0.5) is 0 Å².